The number of amides is 2. The smallest absolute Gasteiger partial charge is 0.247 e. The minimum atomic E-state index is -3.64. The van der Waals surface area contributed by atoms with Crippen LogP contribution in [-0.2, 0) is 19.6 Å². The fourth-order valence-corrected chi connectivity index (χ4v) is 5.64. The third-order valence-electron chi connectivity index (χ3n) is 6.21. The molecule has 1 aliphatic heterocycles. The summed E-state index contributed by atoms with van der Waals surface area (Å²) in [7, 11) is -3.64. The van der Waals surface area contributed by atoms with Gasteiger partial charge in [-0.1, -0.05) is 36.9 Å². The summed E-state index contributed by atoms with van der Waals surface area (Å²) < 4.78 is 26.3. The van der Waals surface area contributed by atoms with Crippen LogP contribution in [-0.4, -0.2) is 55.0 Å². The number of rotatable bonds is 5. The average molecular weight is 456 g/mol. The van der Waals surface area contributed by atoms with Crippen molar-refractivity contribution in [3.63, 3.8) is 0 Å². The second kappa shape index (κ2) is 8.85. The summed E-state index contributed by atoms with van der Waals surface area (Å²) >= 11 is 6.29. The molecule has 1 heterocycles. The van der Waals surface area contributed by atoms with E-state index in [9.17, 15) is 18.0 Å². The largest absolute Gasteiger partial charge is 0.351 e. The summed E-state index contributed by atoms with van der Waals surface area (Å²) in [6, 6.07) is 5.24. The van der Waals surface area contributed by atoms with E-state index in [1.165, 1.54) is 11.8 Å². The molecule has 1 saturated heterocycles. The molecule has 1 atom stereocenters. The summed E-state index contributed by atoms with van der Waals surface area (Å²) in [5, 5.41) is 3.57. The molecule has 3 rings (SSSR count). The first-order valence-electron chi connectivity index (χ1n) is 10.5. The van der Waals surface area contributed by atoms with Gasteiger partial charge in [0.25, 0.3) is 0 Å². The molecule has 0 aromatic heterocycles. The highest BCUT2D eigenvalue weighted by Crippen LogP contribution is 2.35. The van der Waals surface area contributed by atoms with Gasteiger partial charge in [-0.3, -0.25) is 14.5 Å². The van der Waals surface area contributed by atoms with Gasteiger partial charge in [0, 0.05) is 23.3 Å². The molecule has 1 aromatic rings. The molecule has 2 aliphatic rings. The second-order valence-electron chi connectivity index (χ2n) is 8.36. The lowest BCUT2D eigenvalue weighted by atomic mass is 9.91. The maximum atomic E-state index is 13.5. The van der Waals surface area contributed by atoms with Crippen molar-refractivity contribution in [2.24, 2.45) is 0 Å². The van der Waals surface area contributed by atoms with Crippen molar-refractivity contribution in [3.05, 3.63) is 28.8 Å². The molecule has 30 heavy (non-hydrogen) atoms. The Hall–Kier alpha value is -1.64. The van der Waals surface area contributed by atoms with Crippen LogP contribution in [0.5, 0.6) is 0 Å². The third-order valence-corrected chi connectivity index (χ3v) is 8.39. The molecule has 1 aliphatic carbocycles. The van der Waals surface area contributed by atoms with E-state index in [2.05, 4.69) is 5.32 Å². The van der Waals surface area contributed by atoms with Crippen molar-refractivity contribution >= 4 is 39.1 Å². The number of halogens is 1. The molecule has 2 amide bonds. The minimum Gasteiger partial charge on any atom is -0.351 e. The predicted octanol–water partition coefficient (Wildman–Crippen LogP) is 2.85. The third kappa shape index (κ3) is 4.36. The van der Waals surface area contributed by atoms with E-state index in [4.69, 9.17) is 11.6 Å². The first kappa shape index (κ1) is 23.0. The molecular formula is C21H30ClN3O4S. The highest BCUT2D eigenvalue weighted by molar-refractivity contribution is 7.89. The molecule has 1 aromatic carbocycles. The zero-order chi connectivity index (χ0) is 22.1. The van der Waals surface area contributed by atoms with Gasteiger partial charge in [-0.15, -0.1) is 0 Å². The van der Waals surface area contributed by atoms with E-state index in [0.29, 0.717) is 16.3 Å². The summed E-state index contributed by atoms with van der Waals surface area (Å²) in [5.41, 5.74) is -0.178. The Kier molecular flexibility index (Phi) is 6.79. The Balaban J connectivity index is 2.03. The van der Waals surface area contributed by atoms with E-state index in [0.717, 1.165) is 36.4 Å². The fourth-order valence-electron chi connectivity index (χ4n) is 4.35. The molecule has 9 heteroatoms. The molecule has 1 saturated carbocycles. The van der Waals surface area contributed by atoms with Gasteiger partial charge in [0.1, 0.15) is 5.54 Å². The maximum absolute atomic E-state index is 13.5. The van der Waals surface area contributed by atoms with Crippen LogP contribution in [0, 0.1) is 6.92 Å². The molecule has 1 N–H and O–H groups in total. The number of sulfonamides is 1. The van der Waals surface area contributed by atoms with Gasteiger partial charge in [0.05, 0.1) is 12.3 Å². The van der Waals surface area contributed by atoms with Gasteiger partial charge < -0.3 is 5.32 Å². The minimum absolute atomic E-state index is 0.0404. The molecule has 0 radical (unpaired) electrons. The quantitative estimate of drug-likeness (QED) is 0.739. The SMILES string of the molecule is CCS(=O)(=O)N1CC(=O)N(c2cccc(Cl)c2C)C(C)(C(=O)NC2CCCCC2)C1. The number of hydrogen-bond acceptors (Lipinski definition) is 4. The lowest BCUT2D eigenvalue weighted by molar-refractivity contribution is -0.133. The standard InChI is InChI=1S/C21H30ClN3O4S/c1-4-30(28,29)24-13-19(26)25(18-12-8-11-17(22)15(18)2)21(3,14-24)20(27)23-16-9-6-5-7-10-16/h8,11-12,16H,4-7,9-10,13-14H2,1-3H3,(H,23,27). The summed E-state index contributed by atoms with van der Waals surface area (Å²) in [6.45, 7) is 4.57. The topological polar surface area (TPSA) is 86.8 Å². The van der Waals surface area contributed by atoms with Gasteiger partial charge >= 0.3 is 0 Å². The number of anilines is 1. The first-order chi connectivity index (χ1) is 14.1. The van der Waals surface area contributed by atoms with Crippen LogP contribution in [0.1, 0.15) is 51.5 Å². The van der Waals surface area contributed by atoms with Gasteiger partial charge in [0.2, 0.25) is 21.8 Å². The number of nitrogens with zero attached hydrogens (tertiary/aromatic N) is 2. The lowest BCUT2D eigenvalue weighted by Crippen LogP contribution is -2.71. The molecule has 0 bridgehead atoms. The second-order valence-corrected chi connectivity index (χ2v) is 11.0. The van der Waals surface area contributed by atoms with Crippen molar-refractivity contribution in [2.45, 2.75) is 64.5 Å². The van der Waals surface area contributed by atoms with Crippen LogP contribution in [0.15, 0.2) is 18.2 Å². The van der Waals surface area contributed by atoms with Gasteiger partial charge in [-0.05, 0) is 51.3 Å². The van der Waals surface area contributed by atoms with Crippen LogP contribution >= 0.6 is 11.6 Å². The first-order valence-corrected chi connectivity index (χ1v) is 12.5. The van der Waals surface area contributed by atoms with E-state index in [-0.39, 0.29) is 30.8 Å². The van der Waals surface area contributed by atoms with Crippen LogP contribution in [0.2, 0.25) is 5.02 Å². The van der Waals surface area contributed by atoms with Gasteiger partial charge in [-0.2, -0.15) is 4.31 Å². The van der Waals surface area contributed by atoms with Crippen LogP contribution in [0.25, 0.3) is 0 Å². The molecular weight excluding hydrogens is 426 g/mol. The van der Waals surface area contributed by atoms with Crippen LogP contribution < -0.4 is 10.2 Å². The zero-order valence-electron chi connectivity index (χ0n) is 17.8. The monoisotopic (exact) mass is 455 g/mol. The van der Waals surface area contributed by atoms with E-state index < -0.39 is 21.5 Å². The highest BCUT2D eigenvalue weighted by Gasteiger charge is 2.51. The van der Waals surface area contributed by atoms with Crippen molar-refractivity contribution in [2.75, 3.05) is 23.7 Å². The molecule has 7 nitrogen and oxygen atoms in total. The molecule has 0 spiro atoms. The number of hydrogen-bond donors (Lipinski definition) is 1. The Morgan fingerprint density at radius 2 is 1.93 bits per heavy atom. The molecule has 2 fully saturated rings. The number of carbonyl (C=O) groups excluding carboxylic acids is 2. The van der Waals surface area contributed by atoms with Crippen molar-refractivity contribution in [1.29, 1.82) is 0 Å². The summed E-state index contributed by atoms with van der Waals surface area (Å²) in [5.74, 6) is -0.903. The Morgan fingerprint density at radius 3 is 2.57 bits per heavy atom. The lowest BCUT2D eigenvalue weighted by Gasteiger charge is -2.47. The zero-order valence-corrected chi connectivity index (χ0v) is 19.4. The number of piperazine rings is 1. The Bertz CT molecular complexity index is 930. The van der Waals surface area contributed by atoms with Gasteiger partial charge in [-0.25, -0.2) is 8.42 Å². The van der Waals surface area contributed by atoms with E-state index in [1.54, 1.807) is 32.0 Å². The van der Waals surface area contributed by atoms with E-state index in [1.807, 2.05) is 0 Å². The van der Waals surface area contributed by atoms with Crippen molar-refractivity contribution in [1.82, 2.24) is 9.62 Å². The Labute approximate surface area is 183 Å². The Morgan fingerprint density at radius 1 is 1.27 bits per heavy atom. The van der Waals surface area contributed by atoms with E-state index >= 15 is 0 Å². The highest BCUT2D eigenvalue weighted by atomic mass is 35.5. The predicted molar refractivity (Wildman–Crippen MR) is 118 cm³/mol. The van der Waals surface area contributed by atoms with Crippen molar-refractivity contribution in [3.8, 4) is 0 Å². The normalized spacial score (nSPS) is 24.1. The fraction of sp³-hybridized carbons (Fsp3) is 0.619. The van der Waals surface area contributed by atoms with Gasteiger partial charge in [0.15, 0.2) is 0 Å². The average Bonchev–Trinajstić information content (AvgIpc) is 2.71. The molecule has 166 valence electrons. The van der Waals surface area contributed by atoms with Crippen LogP contribution in [0.4, 0.5) is 5.69 Å². The van der Waals surface area contributed by atoms with Crippen LogP contribution in [0.3, 0.4) is 0 Å². The van der Waals surface area contributed by atoms with Crippen molar-refractivity contribution < 1.29 is 18.0 Å². The number of nitrogens with one attached hydrogen (secondary N) is 1. The molecule has 1 unspecified atom stereocenters. The summed E-state index contributed by atoms with van der Waals surface area (Å²) in [6.07, 6.45) is 5.03. The maximum Gasteiger partial charge on any atom is 0.247 e. The number of carbonyl (C=O) groups is 2. The number of benzene rings is 1. The summed E-state index contributed by atoms with van der Waals surface area (Å²) in [4.78, 5) is 28.2.